The van der Waals surface area contributed by atoms with Crippen molar-refractivity contribution in [2.75, 3.05) is 0 Å². The molecule has 1 atom stereocenters. The van der Waals surface area contributed by atoms with E-state index in [1.807, 2.05) is 28.9 Å². The van der Waals surface area contributed by atoms with Crippen molar-refractivity contribution in [2.24, 2.45) is 5.73 Å². The average molecular weight is 526 g/mol. The fourth-order valence-electron chi connectivity index (χ4n) is 4.32. The van der Waals surface area contributed by atoms with Crippen LogP contribution in [0.25, 0.3) is 17.1 Å². The van der Waals surface area contributed by atoms with Crippen LogP contribution in [0.5, 0.6) is 5.75 Å². The topological polar surface area (TPSA) is 123 Å². The van der Waals surface area contributed by atoms with Crippen LogP contribution in [0.15, 0.2) is 79.0 Å². The summed E-state index contributed by atoms with van der Waals surface area (Å²) < 4.78 is 1.94. The Morgan fingerprint density at radius 2 is 1.72 bits per heavy atom. The molecule has 0 aliphatic carbocycles. The number of phenolic OH excluding ortho intramolecular Hbond substituents is 1. The van der Waals surface area contributed by atoms with Gasteiger partial charge in [-0.15, -0.1) is 0 Å². The van der Waals surface area contributed by atoms with Crippen molar-refractivity contribution < 1.29 is 14.7 Å². The van der Waals surface area contributed by atoms with Crippen molar-refractivity contribution >= 4 is 11.8 Å². The van der Waals surface area contributed by atoms with E-state index < -0.39 is 11.9 Å². The molecule has 0 saturated heterocycles. The number of unbranched alkanes of at least 4 members (excludes halogenated alkanes) is 1. The van der Waals surface area contributed by atoms with E-state index in [2.05, 4.69) is 48.4 Å². The lowest BCUT2D eigenvalue weighted by Gasteiger charge is -2.12. The molecule has 8 nitrogen and oxygen atoms in total. The summed E-state index contributed by atoms with van der Waals surface area (Å²) in [6.07, 6.45) is 4.33. The van der Waals surface area contributed by atoms with E-state index >= 15 is 0 Å². The monoisotopic (exact) mass is 525 g/mol. The zero-order valence-electron chi connectivity index (χ0n) is 22.4. The third-order valence-corrected chi connectivity index (χ3v) is 6.59. The van der Waals surface area contributed by atoms with Crippen molar-refractivity contribution in [1.29, 1.82) is 0 Å². The second-order valence-corrected chi connectivity index (χ2v) is 9.99. The van der Waals surface area contributed by atoms with Gasteiger partial charge in [0.2, 0.25) is 11.8 Å². The van der Waals surface area contributed by atoms with Crippen LogP contribution in [-0.2, 0) is 22.4 Å². The van der Waals surface area contributed by atoms with Crippen LogP contribution in [-0.4, -0.2) is 37.7 Å². The summed E-state index contributed by atoms with van der Waals surface area (Å²) in [5, 5.41) is 16.6. The van der Waals surface area contributed by atoms with Crippen LogP contribution in [0, 0.1) is 0 Å². The lowest BCUT2D eigenvalue weighted by atomic mass is 10.0. The molecule has 39 heavy (non-hydrogen) atoms. The summed E-state index contributed by atoms with van der Waals surface area (Å²) in [5.74, 6) is -0.253. The maximum atomic E-state index is 12.4. The van der Waals surface area contributed by atoms with Gasteiger partial charge < -0.3 is 10.8 Å². The predicted molar refractivity (Wildman–Crippen MR) is 151 cm³/mol. The normalized spacial score (nSPS) is 11.9. The molecule has 2 aromatic carbocycles. The largest absolute Gasteiger partial charge is 0.508 e. The number of benzene rings is 2. The van der Waals surface area contributed by atoms with Crippen LogP contribution < -0.4 is 11.1 Å². The molecule has 0 aliphatic heterocycles. The molecule has 0 radical (unpaired) electrons. The Labute approximate surface area is 228 Å². The molecule has 2 heterocycles. The average Bonchev–Trinajstić information content (AvgIpc) is 3.37. The molecule has 8 heteroatoms. The van der Waals surface area contributed by atoms with Gasteiger partial charge in [0.25, 0.3) is 0 Å². The van der Waals surface area contributed by atoms with E-state index in [4.69, 9.17) is 10.8 Å². The minimum absolute atomic E-state index is 0.145. The second kappa shape index (κ2) is 13.0. The van der Waals surface area contributed by atoms with Crippen LogP contribution in [0.4, 0.5) is 0 Å². The van der Waals surface area contributed by atoms with E-state index in [9.17, 15) is 14.7 Å². The third-order valence-electron chi connectivity index (χ3n) is 6.59. The summed E-state index contributed by atoms with van der Waals surface area (Å²) in [7, 11) is 0. The smallest absolute Gasteiger partial charge is 0.243 e. The number of nitrogens with zero attached hydrogens (tertiary/aromatic N) is 3. The van der Waals surface area contributed by atoms with Gasteiger partial charge in [0, 0.05) is 18.3 Å². The Balaban J connectivity index is 1.34. The first kappa shape index (κ1) is 27.7. The summed E-state index contributed by atoms with van der Waals surface area (Å²) in [5.41, 5.74) is 11.6. The molecule has 0 bridgehead atoms. The number of carbonyl (C=O) groups excluding carboxylic acids is 2. The zero-order valence-corrected chi connectivity index (χ0v) is 22.4. The fraction of sp³-hybridized carbons (Fsp3) is 0.290. The number of carbonyl (C=O) groups is 2. The number of nitrogens with two attached hydrogens (primary N) is 1. The molecule has 2 aromatic heterocycles. The number of aromatic nitrogens is 3. The number of amides is 2. The summed E-state index contributed by atoms with van der Waals surface area (Å²) in [6, 6.07) is 21.8. The number of imide groups is 1. The number of hydrogen-bond donors (Lipinski definition) is 3. The van der Waals surface area contributed by atoms with Gasteiger partial charge in [0.1, 0.15) is 11.4 Å². The van der Waals surface area contributed by atoms with Crippen LogP contribution in [0.2, 0.25) is 0 Å². The van der Waals surface area contributed by atoms with Gasteiger partial charge in [-0.1, -0.05) is 44.2 Å². The zero-order chi connectivity index (χ0) is 27.8. The van der Waals surface area contributed by atoms with Crippen molar-refractivity contribution in [3.05, 3.63) is 95.8 Å². The molecule has 1 unspecified atom stereocenters. The molecule has 202 valence electrons. The molecule has 4 aromatic rings. The van der Waals surface area contributed by atoms with Crippen molar-refractivity contribution in [1.82, 2.24) is 20.1 Å². The highest BCUT2D eigenvalue weighted by molar-refractivity contribution is 5.97. The minimum Gasteiger partial charge on any atom is -0.508 e. The first-order chi connectivity index (χ1) is 18.8. The van der Waals surface area contributed by atoms with E-state index in [0.717, 1.165) is 34.8 Å². The molecule has 0 aliphatic rings. The molecule has 0 spiro atoms. The Bertz CT molecular complexity index is 1380. The number of rotatable bonds is 11. The molecular weight excluding hydrogens is 490 g/mol. The van der Waals surface area contributed by atoms with Crippen molar-refractivity contribution in [2.45, 2.75) is 57.9 Å². The Kier molecular flexibility index (Phi) is 9.22. The SMILES string of the molecule is CC(C)c1ccc(-n2nc(-c3ccccn3)cc2CCCCC(=O)NC(=O)C(N)Cc2ccc(O)cc2)cc1. The molecule has 0 fully saturated rings. The molecular formula is C31H35N5O3. The number of aryl methyl sites for hydroxylation is 1. The van der Waals surface area contributed by atoms with Gasteiger partial charge in [-0.3, -0.25) is 19.9 Å². The summed E-state index contributed by atoms with van der Waals surface area (Å²) >= 11 is 0. The number of aromatic hydroxyl groups is 1. The molecule has 2 amide bonds. The van der Waals surface area contributed by atoms with Crippen LogP contribution >= 0.6 is 0 Å². The van der Waals surface area contributed by atoms with E-state index in [1.54, 1.807) is 18.3 Å². The Morgan fingerprint density at radius 1 is 0.974 bits per heavy atom. The summed E-state index contributed by atoms with van der Waals surface area (Å²) in [6.45, 7) is 4.33. The summed E-state index contributed by atoms with van der Waals surface area (Å²) in [4.78, 5) is 29.2. The second-order valence-electron chi connectivity index (χ2n) is 9.99. The van der Waals surface area contributed by atoms with Crippen LogP contribution in [0.3, 0.4) is 0 Å². The Hall–Kier alpha value is -4.30. The lowest BCUT2D eigenvalue weighted by Crippen LogP contribution is -2.44. The first-order valence-electron chi connectivity index (χ1n) is 13.3. The molecule has 0 saturated carbocycles. The van der Waals surface area contributed by atoms with E-state index in [-0.39, 0.29) is 24.5 Å². The number of nitrogens with one attached hydrogen (secondary N) is 1. The predicted octanol–water partition coefficient (Wildman–Crippen LogP) is 4.69. The van der Waals surface area contributed by atoms with Crippen molar-refractivity contribution in [3.63, 3.8) is 0 Å². The van der Waals surface area contributed by atoms with Crippen molar-refractivity contribution in [3.8, 4) is 22.8 Å². The maximum absolute atomic E-state index is 12.4. The van der Waals surface area contributed by atoms with Gasteiger partial charge >= 0.3 is 0 Å². The van der Waals surface area contributed by atoms with Crippen LogP contribution in [0.1, 0.15) is 55.8 Å². The minimum atomic E-state index is -0.847. The molecule has 4 N–H and O–H groups in total. The Morgan fingerprint density at radius 3 is 2.38 bits per heavy atom. The first-order valence-corrected chi connectivity index (χ1v) is 13.3. The quantitative estimate of drug-likeness (QED) is 0.244. The van der Waals surface area contributed by atoms with Gasteiger partial charge in [-0.2, -0.15) is 5.10 Å². The highest BCUT2D eigenvalue weighted by Gasteiger charge is 2.17. The van der Waals surface area contributed by atoms with Gasteiger partial charge in [-0.05, 0) is 85.2 Å². The van der Waals surface area contributed by atoms with Gasteiger partial charge in [-0.25, -0.2) is 4.68 Å². The van der Waals surface area contributed by atoms with E-state index in [1.165, 1.54) is 17.7 Å². The lowest BCUT2D eigenvalue weighted by molar-refractivity contribution is -0.131. The fourth-order valence-corrected chi connectivity index (χ4v) is 4.32. The molecule has 4 rings (SSSR count). The maximum Gasteiger partial charge on any atom is 0.243 e. The highest BCUT2D eigenvalue weighted by atomic mass is 16.3. The standard InChI is InChI=1S/C31H35N5O3/c1-21(2)23-12-14-24(15-13-23)36-25(20-29(35-36)28-8-5-6-18-33-28)7-3-4-9-30(38)34-31(39)27(32)19-22-10-16-26(37)17-11-22/h5-6,8,10-18,20-21,27,37H,3-4,7,9,19,32H2,1-2H3,(H,34,38,39). The van der Waals surface area contributed by atoms with Gasteiger partial charge in [0.15, 0.2) is 0 Å². The van der Waals surface area contributed by atoms with E-state index in [0.29, 0.717) is 18.8 Å². The number of hydrogen-bond acceptors (Lipinski definition) is 6. The van der Waals surface area contributed by atoms with Gasteiger partial charge in [0.05, 0.1) is 17.4 Å². The number of phenols is 1. The third kappa shape index (κ3) is 7.61. The highest BCUT2D eigenvalue weighted by Crippen LogP contribution is 2.23. The number of pyridine rings is 1.